The highest BCUT2D eigenvalue weighted by Crippen LogP contribution is 2.28. The molecule has 0 aromatic heterocycles. The van der Waals surface area contributed by atoms with Crippen molar-refractivity contribution in [1.82, 2.24) is 0 Å². The van der Waals surface area contributed by atoms with Crippen molar-refractivity contribution in [2.24, 2.45) is 0 Å². The van der Waals surface area contributed by atoms with E-state index < -0.39 is 0 Å². The summed E-state index contributed by atoms with van der Waals surface area (Å²) >= 11 is 0. The van der Waals surface area contributed by atoms with E-state index in [4.69, 9.17) is 15.2 Å². The minimum Gasteiger partial charge on any atom is -0.493 e. The van der Waals surface area contributed by atoms with E-state index in [0.717, 1.165) is 5.56 Å². The van der Waals surface area contributed by atoms with Crippen LogP contribution in [0.3, 0.4) is 0 Å². The van der Waals surface area contributed by atoms with Crippen LogP contribution < -0.4 is 15.2 Å². The minimum atomic E-state index is -0.136. The van der Waals surface area contributed by atoms with Crippen LogP contribution in [-0.4, -0.2) is 20.0 Å². The lowest BCUT2D eigenvalue weighted by Crippen LogP contribution is -2.00. The van der Waals surface area contributed by atoms with Crippen LogP contribution in [0.5, 0.6) is 11.5 Å². The normalized spacial score (nSPS) is 10.6. The van der Waals surface area contributed by atoms with Gasteiger partial charge in [0.15, 0.2) is 17.3 Å². The van der Waals surface area contributed by atoms with Gasteiger partial charge < -0.3 is 15.2 Å². The Morgan fingerprint density at radius 3 is 2.43 bits per heavy atom. The highest BCUT2D eigenvalue weighted by atomic mass is 16.5. The van der Waals surface area contributed by atoms with Gasteiger partial charge in [0.25, 0.3) is 0 Å². The molecule has 0 aliphatic carbocycles. The highest BCUT2D eigenvalue weighted by molar-refractivity contribution is 6.10. The SMILES string of the molecule is COc1ccc(/C=C/C(=O)c2ccccc2N)cc1OC. The van der Waals surface area contributed by atoms with Crippen molar-refractivity contribution in [3.05, 3.63) is 59.7 Å². The second-order valence-electron chi connectivity index (χ2n) is 4.40. The molecule has 0 aliphatic rings. The predicted octanol–water partition coefficient (Wildman–Crippen LogP) is 3.18. The second-order valence-corrected chi connectivity index (χ2v) is 4.40. The third kappa shape index (κ3) is 3.42. The Kier molecular flexibility index (Phi) is 4.61. The van der Waals surface area contributed by atoms with E-state index in [2.05, 4.69) is 0 Å². The number of methoxy groups -OCH3 is 2. The molecule has 4 heteroatoms. The fraction of sp³-hybridized carbons (Fsp3) is 0.118. The zero-order valence-electron chi connectivity index (χ0n) is 12.0. The van der Waals surface area contributed by atoms with E-state index in [0.29, 0.717) is 22.7 Å². The first-order chi connectivity index (χ1) is 10.2. The van der Waals surface area contributed by atoms with Gasteiger partial charge in [0.1, 0.15) is 0 Å². The molecule has 2 rings (SSSR count). The molecule has 0 fully saturated rings. The predicted molar refractivity (Wildman–Crippen MR) is 83.8 cm³/mol. The lowest BCUT2D eigenvalue weighted by atomic mass is 10.1. The zero-order chi connectivity index (χ0) is 15.2. The molecule has 108 valence electrons. The van der Waals surface area contributed by atoms with Crippen LogP contribution in [0, 0.1) is 0 Å². The number of allylic oxidation sites excluding steroid dienone is 1. The average molecular weight is 283 g/mol. The summed E-state index contributed by atoms with van der Waals surface area (Å²) in [5.74, 6) is 1.13. The number of benzene rings is 2. The molecule has 0 unspecified atom stereocenters. The zero-order valence-corrected chi connectivity index (χ0v) is 12.0. The minimum absolute atomic E-state index is 0.136. The first-order valence-corrected chi connectivity index (χ1v) is 6.44. The van der Waals surface area contributed by atoms with Gasteiger partial charge in [-0.2, -0.15) is 0 Å². The van der Waals surface area contributed by atoms with E-state index >= 15 is 0 Å². The number of nitrogen functional groups attached to an aromatic ring is 1. The monoisotopic (exact) mass is 283 g/mol. The van der Waals surface area contributed by atoms with E-state index in [1.54, 1.807) is 56.7 Å². The van der Waals surface area contributed by atoms with Crippen molar-refractivity contribution in [1.29, 1.82) is 0 Å². The number of anilines is 1. The molecule has 0 saturated carbocycles. The number of carbonyl (C=O) groups excluding carboxylic acids is 1. The van der Waals surface area contributed by atoms with Crippen molar-refractivity contribution in [2.45, 2.75) is 0 Å². The van der Waals surface area contributed by atoms with Crippen molar-refractivity contribution in [2.75, 3.05) is 20.0 Å². The van der Waals surface area contributed by atoms with Crippen LogP contribution >= 0.6 is 0 Å². The highest BCUT2D eigenvalue weighted by Gasteiger charge is 2.06. The summed E-state index contributed by atoms with van der Waals surface area (Å²) in [7, 11) is 3.15. The molecule has 0 heterocycles. The molecule has 0 aliphatic heterocycles. The molecule has 0 saturated heterocycles. The summed E-state index contributed by atoms with van der Waals surface area (Å²) < 4.78 is 10.4. The van der Waals surface area contributed by atoms with Gasteiger partial charge in [-0.3, -0.25) is 4.79 Å². The average Bonchev–Trinajstić information content (AvgIpc) is 2.52. The van der Waals surface area contributed by atoms with Crippen LogP contribution in [0.25, 0.3) is 6.08 Å². The fourth-order valence-corrected chi connectivity index (χ4v) is 1.94. The van der Waals surface area contributed by atoms with Crippen molar-refractivity contribution < 1.29 is 14.3 Å². The van der Waals surface area contributed by atoms with Crippen LogP contribution in [0.15, 0.2) is 48.5 Å². The van der Waals surface area contributed by atoms with Crippen LogP contribution in [0.2, 0.25) is 0 Å². The third-order valence-electron chi connectivity index (χ3n) is 3.06. The van der Waals surface area contributed by atoms with Crippen molar-refractivity contribution >= 4 is 17.5 Å². The topological polar surface area (TPSA) is 61.5 Å². The Morgan fingerprint density at radius 1 is 1.05 bits per heavy atom. The first-order valence-electron chi connectivity index (χ1n) is 6.44. The number of ether oxygens (including phenoxy) is 2. The molecule has 0 spiro atoms. The van der Waals surface area contributed by atoms with E-state index in [9.17, 15) is 4.79 Å². The Hall–Kier alpha value is -2.75. The van der Waals surface area contributed by atoms with Gasteiger partial charge in [-0.1, -0.05) is 24.3 Å². The second kappa shape index (κ2) is 6.61. The Bertz CT molecular complexity index is 677. The van der Waals surface area contributed by atoms with Gasteiger partial charge in [-0.05, 0) is 35.9 Å². The molecule has 2 aromatic carbocycles. The maximum Gasteiger partial charge on any atom is 0.187 e. The van der Waals surface area contributed by atoms with Crippen LogP contribution in [-0.2, 0) is 0 Å². The number of para-hydroxylation sites is 1. The Balaban J connectivity index is 2.22. The van der Waals surface area contributed by atoms with Crippen LogP contribution in [0.1, 0.15) is 15.9 Å². The molecule has 2 aromatic rings. The van der Waals surface area contributed by atoms with Crippen molar-refractivity contribution in [3.63, 3.8) is 0 Å². The quantitative estimate of drug-likeness (QED) is 0.520. The third-order valence-corrected chi connectivity index (χ3v) is 3.06. The smallest absolute Gasteiger partial charge is 0.187 e. The van der Waals surface area contributed by atoms with Crippen LogP contribution in [0.4, 0.5) is 5.69 Å². The van der Waals surface area contributed by atoms with Gasteiger partial charge in [-0.25, -0.2) is 0 Å². The Morgan fingerprint density at radius 2 is 1.76 bits per heavy atom. The molecule has 2 N–H and O–H groups in total. The standard InChI is InChI=1S/C17H17NO3/c1-20-16-10-8-12(11-17(16)21-2)7-9-15(19)13-5-3-4-6-14(13)18/h3-11H,18H2,1-2H3/b9-7+. The molecular weight excluding hydrogens is 266 g/mol. The van der Waals surface area contributed by atoms with Gasteiger partial charge in [0.05, 0.1) is 14.2 Å². The summed E-state index contributed by atoms with van der Waals surface area (Å²) in [5, 5.41) is 0. The maximum absolute atomic E-state index is 12.1. The van der Waals surface area contributed by atoms with Gasteiger partial charge >= 0.3 is 0 Å². The number of nitrogens with two attached hydrogens (primary N) is 1. The summed E-state index contributed by atoms with van der Waals surface area (Å²) in [6.07, 6.45) is 3.21. The molecule has 21 heavy (non-hydrogen) atoms. The summed E-state index contributed by atoms with van der Waals surface area (Å²) in [4.78, 5) is 12.1. The van der Waals surface area contributed by atoms with Gasteiger partial charge in [-0.15, -0.1) is 0 Å². The lowest BCUT2D eigenvalue weighted by Gasteiger charge is -2.07. The summed E-state index contributed by atoms with van der Waals surface area (Å²) in [5.41, 5.74) is 7.59. The molecule has 0 radical (unpaired) electrons. The molecular formula is C17H17NO3. The molecule has 0 bridgehead atoms. The van der Waals surface area contributed by atoms with Crippen molar-refractivity contribution in [3.8, 4) is 11.5 Å². The molecule has 0 atom stereocenters. The number of hydrogen-bond acceptors (Lipinski definition) is 4. The summed E-state index contributed by atoms with van der Waals surface area (Å²) in [6.45, 7) is 0. The first kappa shape index (κ1) is 14.7. The van der Waals surface area contributed by atoms with E-state index in [1.165, 1.54) is 6.08 Å². The fourth-order valence-electron chi connectivity index (χ4n) is 1.94. The lowest BCUT2D eigenvalue weighted by molar-refractivity contribution is 0.104. The van der Waals surface area contributed by atoms with E-state index in [-0.39, 0.29) is 5.78 Å². The largest absolute Gasteiger partial charge is 0.493 e. The number of hydrogen-bond donors (Lipinski definition) is 1. The van der Waals surface area contributed by atoms with Gasteiger partial charge in [0.2, 0.25) is 0 Å². The Labute approximate surface area is 123 Å². The number of rotatable bonds is 5. The van der Waals surface area contributed by atoms with Gasteiger partial charge in [0, 0.05) is 11.3 Å². The molecule has 4 nitrogen and oxygen atoms in total. The number of ketones is 1. The maximum atomic E-state index is 12.1. The number of carbonyl (C=O) groups is 1. The molecule has 0 amide bonds. The summed E-state index contributed by atoms with van der Waals surface area (Å²) in [6, 6.07) is 12.4. The van der Waals surface area contributed by atoms with E-state index in [1.807, 2.05) is 6.07 Å².